The van der Waals surface area contributed by atoms with E-state index in [0.717, 1.165) is 0 Å². The Morgan fingerprint density at radius 2 is 0.929 bits per heavy atom. The Hall–Kier alpha value is -0.400. The minimum absolute atomic E-state index is 0. The Labute approximate surface area is 274 Å². The third kappa shape index (κ3) is 6.73. The van der Waals surface area contributed by atoms with Gasteiger partial charge in [0, 0.05) is 0 Å². The van der Waals surface area contributed by atoms with E-state index in [1.54, 1.807) is 44.5 Å². The Kier molecular flexibility index (Phi) is 12.5. The average Bonchev–Trinajstić information content (AvgIpc) is 3.41. The van der Waals surface area contributed by atoms with E-state index < -0.39 is 17.4 Å². The van der Waals surface area contributed by atoms with Crippen molar-refractivity contribution in [3.63, 3.8) is 0 Å². The van der Waals surface area contributed by atoms with Gasteiger partial charge in [0.2, 0.25) is 0 Å². The minimum Gasteiger partial charge on any atom is -0.147 e. The van der Waals surface area contributed by atoms with E-state index in [4.69, 9.17) is 0 Å². The fraction of sp³-hybridized carbons (Fsp3) is 0.579. The molecule has 2 aromatic rings. The first-order chi connectivity index (χ1) is 18.6. The van der Waals surface area contributed by atoms with Crippen LogP contribution in [0.2, 0.25) is 9.26 Å². The molecule has 0 heterocycles. The molecule has 2 unspecified atom stereocenters. The summed E-state index contributed by atoms with van der Waals surface area (Å²) in [5.74, 6) is 2.20. The fourth-order valence-corrected chi connectivity index (χ4v) is 28.1. The molecule has 0 fully saturated rings. The third-order valence-electron chi connectivity index (χ3n) is 10.1. The standard InChI is InChI=1S/2C18H25.2CH3.2ClH.H2Si.Zr/c2*1-6-7-14-8-16-10-15(12(2)3)11-17(13(4)5)18(16)9-14;;;;;;/h2*8-13H,6-7H2,1-5H3;2*1H3;2*1H;1H2;. The molecule has 0 aromatic heterocycles. The summed E-state index contributed by atoms with van der Waals surface area (Å²) in [6, 6.07) is 10.4. The fourth-order valence-electron chi connectivity index (χ4n) is 8.23. The third-order valence-corrected chi connectivity index (χ3v) is 27.6. The molecule has 0 amide bonds. The van der Waals surface area contributed by atoms with Crippen LogP contribution in [0.1, 0.15) is 170 Å². The first kappa shape index (κ1) is 37.8. The summed E-state index contributed by atoms with van der Waals surface area (Å²) in [5.41, 5.74) is 16.3. The minimum atomic E-state index is -3.61. The van der Waals surface area contributed by atoms with Gasteiger partial charge in [0.1, 0.15) is 0 Å². The molecule has 42 heavy (non-hydrogen) atoms. The van der Waals surface area contributed by atoms with Crippen LogP contribution in [-0.2, 0) is 17.4 Å². The summed E-state index contributed by atoms with van der Waals surface area (Å²) in [5, 5.41) is 0. The van der Waals surface area contributed by atoms with Crippen molar-refractivity contribution in [2.24, 2.45) is 0 Å². The summed E-state index contributed by atoms with van der Waals surface area (Å²) < 4.78 is 6.93. The van der Waals surface area contributed by atoms with Crippen LogP contribution in [0.25, 0.3) is 12.2 Å². The Morgan fingerprint density at radius 1 is 0.595 bits per heavy atom. The van der Waals surface area contributed by atoms with Crippen molar-refractivity contribution in [1.82, 2.24) is 0 Å². The van der Waals surface area contributed by atoms with Gasteiger partial charge in [-0.15, -0.1) is 24.8 Å². The van der Waals surface area contributed by atoms with Crippen LogP contribution in [0, 0.1) is 0 Å². The van der Waals surface area contributed by atoms with Gasteiger partial charge < -0.3 is 0 Å². The summed E-state index contributed by atoms with van der Waals surface area (Å²) in [6.45, 7) is 26.4. The van der Waals surface area contributed by atoms with Gasteiger partial charge in [-0.25, -0.2) is 0 Å². The first-order valence-corrected chi connectivity index (χ1v) is 30.1. The molecule has 4 rings (SSSR count). The summed E-state index contributed by atoms with van der Waals surface area (Å²) in [7, 11) is 0. The zero-order chi connectivity index (χ0) is 29.8. The van der Waals surface area contributed by atoms with Crippen LogP contribution >= 0.6 is 24.8 Å². The molecule has 4 heteroatoms. The van der Waals surface area contributed by atoms with E-state index >= 15 is 0 Å². The second-order valence-electron chi connectivity index (χ2n) is 15.6. The molecule has 0 saturated heterocycles. The molecule has 0 aliphatic heterocycles. The molecule has 0 N–H and O–H groups in total. The Bertz CT molecular complexity index is 1320. The van der Waals surface area contributed by atoms with E-state index in [1.165, 1.54) is 36.8 Å². The number of allylic oxidation sites excluding steroid dienone is 2. The Morgan fingerprint density at radius 3 is 1.19 bits per heavy atom. The summed E-state index contributed by atoms with van der Waals surface area (Å²) in [4.78, 5) is 0. The average molecular weight is 707 g/mol. The number of benzene rings is 2. The monoisotopic (exact) mass is 704 g/mol. The van der Waals surface area contributed by atoms with Gasteiger partial charge in [0.15, 0.2) is 0 Å². The van der Waals surface area contributed by atoms with Crippen LogP contribution < -0.4 is 0 Å². The predicted molar refractivity (Wildman–Crippen MR) is 195 cm³/mol. The molecule has 0 radical (unpaired) electrons. The molecule has 234 valence electrons. The zero-order valence-electron chi connectivity index (χ0n) is 28.8. The van der Waals surface area contributed by atoms with E-state index in [-0.39, 0.29) is 24.8 Å². The number of fused-ring (bicyclic) bond motifs is 2. The molecule has 0 bridgehead atoms. The van der Waals surface area contributed by atoms with Crippen molar-refractivity contribution in [1.29, 1.82) is 0 Å². The predicted octanol–water partition coefficient (Wildman–Crippen LogP) is 12.5. The van der Waals surface area contributed by atoms with Crippen LogP contribution in [-0.4, -0.2) is 6.88 Å². The summed E-state index contributed by atoms with van der Waals surface area (Å²) >= 11 is -3.61. The van der Waals surface area contributed by atoms with Crippen molar-refractivity contribution < 1.29 is 17.4 Å². The number of halogens is 2. The van der Waals surface area contributed by atoms with Gasteiger partial charge >= 0.3 is 251 Å². The van der Waals surface area contributed by atoms with E-state index in [9.17, 15) is 0 Å². The van der Waals surface area contributed by atoms with E-state index in [1.807, 2.05) is 0 Å². The van der Waals surface area contributed by atoms with Crippen molar-refractivity contribution in [2.45, 2.75) is 135 Å². The number of hydrogen-bond donors (Lipinski definition) is 0. The van der Waals surface area contributed by atoms with E-state index in [2.05, 4.69) is 122 Å². The van der Waals surface area contributed by atoms with Crippen molar-refractivity contribution in [3.8, 4) is 0 Å². The zero-order valence-corrected chi connectivity index (χ0v) is 34.3. The van der Waals surface area contributed by atoms with Crippen molar-refractivity contribution in [3.05, 3.63) is 79.9 Å². The van der Waals surface area contributed by atoms with Gasteiger partial charge in [-0.05, 0) is 0 Å². The smallest absolute Gasteiger partial charge is 0.147 e. The van der Waals surface area contributed by atoms with Gasteiger partial charge in [-0.3, -0.25) is 0 Å². The maximum absolute atomic E-state index is 3.61. The van der Waals surface area contributed by atoms with E-state index in [0.29, 0.717) is 30.9 Å². The first-order valence-electron chi connectivity index (χ1n) is 16.4. The van der Waals surface area contributed by atoms with Crippen LogP contribution in [0.3, 0.4) is 0 Å². The maximum Gasteiger partial charge on any atom is -0.147 e. The van der Waals surface area contributed by atoms with Gasteiger partial charge in [-0.1, -0.05) is 0 Å². The quantitative estimate of drug-likeness (QED) is 0.216. The second-order valence-corrected chi connectivity index (χ2v) is 46.1. The van der Waals surface area contributed by atoms with Crippen LogP contribution in [0.5, 0.6) is 0 Å². The SMILES string of the molecule is CCCC1=Cc2c(C(C)C)cc(C(C)C)cc2[CH]1[Zr]([CH3])([CH3])(=[SiH2])[CH]1C(CCC)=Cc2c(C(C)C)cc(C(C)C)cc21.Cl.Cl. The van der Waals surface area contributed by atoms with Gasteiger partial charge in [0.05, 0.1) is 0 Å². The summed E-state index contributed by atoms with van der Waals surface area (Å²) in [6.07, 6.45) is 10.3. The number of hydrogen-bond acceptors (Lipinski definition) is 0. The topological polar surface area (TPSA) is 0 Å². The normalized spacial score (nSPS) is 18.2. The van der Waals surface area contributed by atoms with Crippen molar-refractivity contribution in [2.75, 3.05) is 0 Å². The largest absolute Gasteiger partial charge is 0.147 e. The van der Waals surface area contributed by atoms with Gasteiger partial charge in [-0.2, -0.15) is 0 Å². The molecule has 0 spiro atoms. The molecule has 2 aliphatic rings. The molecular weight excluding hydrogens is 647 g/mol. The van der Waals surface area contributed by atoms with Crippen molar-refractivity contribution >= 4 is 43.8 Å². The molecule has 2 aromatic carbocycles. The molecule has 0 nitrogen and oxygen atoms in total. The number of rotatable bonds is 10. The Balaban J connectivity index is 0.00000308. The molecule has 0 saturated carbocycles. The van der Waals surface area contributed by atoms with Crippen LogP contribution in [0.15, 0.2) is 35.4 Å². The molecule has 2 aliphatic carbocycles. The maximum atomic E-state index is 2.85. The molecular formula is C38H60Cl2SiZr. The van der Waals surface area contributed by atoms with Crippen LogP contribution in [0.4, 0.5) is 0 Å². The second kappa shape index (κ2) is 13.9. The molecule has 2 atom stereocenters. The van der Waals surface area contributed by atoms with Gasteiger partial charge in [0.25, 0.3) is 0 Å².